The molecule has 0 amide bonds. The van der Waals surface area contributed by atoms with Crippen LogP contribution in [0.15, 0.2) is 0 Å². The van der Waals surface area contributed by atoms with Gasteiger partial charge in [-0.1, -0.05) is 15.9 Å². The van der Waals surface area contributed by atoms with Crippen LogP contribution in [0.2, 0.25) is 0 Å². The Bertz CT molecular complexity index is 60.7. The van der Waals surface area contributed by atoms with Crippen LogP contribution in [0.25, 0.3) is 0 Å². The van der Waals surface area contributed by atoms with Gasteiger partial charge < -0.3 is 4.74 Å². The van der Waals surface area contributed by atoms with E-state index >= 15 is 0 Å². The van der Waals surface area contributed by atoms with Crippen molar-refractivity contribution in [3.8, 4) is 0 Å². The number of ether oxygens (including phenoxy) is 1. The third-order valence-electron chi connectivity index (χ3n) is 0.947. The second-order valence-corrected chi connectivity index (χ2v) is 3.31. The fourth-order valence-electron chi connectivity index (χ4n) is 0.502. The minimum absolute atomic E-state index is 0.181. The SMILES string of the molecule is ClC1COCC1Br. The Kier molecular flexibility index (Phi) is 1.95. The van der Waals surface area contributed by atoms with Gasteiger partial charge in [-0.2, -0.15) is 0 Å². The minimum Gasteiger partial charge on any atom is -0.379 e. The van der Waals surface area contributed by atoms with Crippen LogP contribution in [0.5, 0.6) is 0 Å². The smallest absolute Gasteiger partial charge is 0.0717 e. The van der Waals surface area contributed by atoms with Gasteiger partial charge in [0.15, 0.2) is 0 Å². The normalized spacial score (nSPS) is 42.0. The van der Waals surface area contributed by atoms with Gasteiger partial charge in [-0.05, 0) is 0 Å². The Labute approximate surface area is 56.1 Å². The van der Waals surface area contributed by atoms with E-state index in [4.69, 9.17) is 16.3 Å². The van der Waals surface area contributed by atoms with Gasteiger partial charge in [-0.25, -0.2) is 0 Å². The van der Waals surface area contributed by atoms with Gasteiger partial charge in [0.1, 0.15) is 0 Å². The molecule has 0 saturated carbocycles. The molecule has 7 heavy (non-hydrogen) atoms. The summed E-state index contributed by atoms with van der Waals surface area (Å²) in [6, 6.07) is 0. The molecule has 0 aromatic heterocycles. The van der Waals surface area contributed by atoms with Crippen molar-refractivity contribution in [1.29, 1.82) is 0 Å². The topological polar surface area (TPSA) is 9.23 Å². The maximum Gasteiger partial charge on any atom is 0.0717 e. The zero-order chi connectivity index (χ0) is 5.28. The van der Waals surface area contributed by atoms with E-state index in [9.17, 15) is 0 Å². The molecule has 0 radical (unpaired) electrons. The summed E-state index contributed by atoms with van der Waals surface area (Å²) in [6.07, 6.45) is 0. The summed E-state index contributed by atoms with van der Waals surface area (Å²) in [4.78, 5) is 0.370. The third kappa shape index (κ3) is 1.31. The van der Waals surface area contributed by atoms with Crippen molar-refractivity contribution in [2.24, 2.45) is 0 Å². The first kappa shape index (κ1) is 5.86. The van der Waals surface area contributed by atoms with Crippen molar-refractivity contribution in [3.63, 3.8) is 0 Å². The molecule has 1 aliphatic rings. The number of alkyl halides is 2. The Morgan fingerprint density at radius 1 is 1.57 bits per heavy atom. The van der Waals surface area contributed by atoms with Gasteiger partial charge >= 0.3 is 0 Å². The molecular weight excluding hydrogens is 179 g/mol. The third-order valence-corrected chi connectivity index (χ3v) is 2.58. The first-order chi connectivity index (χ1) is 3.30. The highest BCUT2D eigenvalue weighted by molar-refractivity contribution is 9.09. The standard InChI is InChI=1S/C4H6BrClO/c5-3-1-7-2-4(3)6/h3-4H,1-2H2. The predicted octanol–water partition coefficient (Wildman–Crippen LogP) is 1.39. The first-order valence-corrected chi connectivity index (χ1v) is 3.52. The van der Waals surface area contributed by atoms with Gasteiger partial charge in [0.05, 0.1) is 23.4 Å². The van der Waals surface area contributed by atoms with Crippen LogP contribution in [0.3, 0.4) is 0 Å². The van der Waals surface area contributed by atoms with Gasteiger partial charge in [0.2, 0.25) is 0 Å². The summed E-state index contributed by atoms with van der Waals surface area (Å²) in [5.74, 6) is 0. The van der Waals surface area contributed by atoms with Crippen LogP contribution in [0, 0.1) is 0 Å². The highest BCUT2D eigenvalue weighted by atomic mass is 79.9. The van der Waals surface area contributed by atoms with Crippen molar-refractivity contribution in [3.05, 3.63) is 0 Å². The van der Waals surface area contributed by atoms with Gasteiger partial charge in [-0.3, -0.25) is 0 Å². The first-order valence-electron chi connectivity index (χ1n) is 2.16. The average Bonchev–Trinajstić information content (AvgIpc) is 1.91. The van der Waals surface area contributed by atoms with E-state index in [0.29, 0.717) is 11.4 Å². The Morgan fingerprint density at radius 2 is 2.29 bits per heavy atom. The molecule has 0 spiro atoms. The van der Waals surface area contributed by atoms with Crippen LogP contribution < -0.4 is 0 Å². The fourth-order valence-corrected chi connectivity index (χ4v) is 1.00. The van der Waals surface area contributed by atoms with Crippen LogP contribution in [0.4, 0.5) is 0 Å². The van der Waals surface area contributed by atoms with Gasteiger partial charge in [-0.15, -0.1) is 11.6 Å². The monoisotopic (exact) mass is 184 g/mol. The molecule has 1 aliphatic heterocycles. The molecule has 0 aromatic rings. The maximum absolute atomic E-state index is 5.69. The molecular formula is C4H6BrClO. The van der Waals surface area contributed by atoms with Crippen LogP contribution in [0.1, 0.15) is 0 Å². The zero-order valence-corrected chi connectivity index (χ0v) is 6.08. The molecule has 2 unspecified atom stereocenters. The second-order valence-electron chi connectivity index (χ2n) is 1.57. The van der Waals surface area contributed by atoms with Crippen molar-refractivity contribution in [2.45, 2.75) is 10.2 Å². The molecule has 1 rings (SSSR count). The lowest BCUT2D eigenvalue weighted by Gasteiger charge is -1.96. The summed E-state index contributed by atoms with van der Waals surface area (Å²) < 4.78 is 4.99. The largest absolute Gasteiger partial charge is 0.379 e. The summed E-state index contributed by atoms with van der Waals surface area (Å²) in [6.45, 7) is 1.45. The second kappa shape index (κ2) is 2.33. The minimum atomic E-state index is 0.181. The lowest BCUT2D eigenvalue weighted by molar-refractivity contribution is 0.200. The van der Waals surface area contributed by atoms with Crippen LogP contribution in [-0.4, -0.2) is 23.4 Å². The van der Waals surface area contributed by atoms with E-state index in [0.717, 1.165) is 6.61 Å². The van der Waals surface area contributed by atoms with Crippen LogP contribution in [-0.2, 0) is 4.74 Å². The molecule has 1 nitrogen and oxygen atoms in total. The molecule has 2 atom stereocenters. The zero-order valence-electron chi connectivity index (χ0n) is 3.73. The van der Waals surface area contributed by atoms with Crippen molar-refractivity contribution >= 4 is 27.5 Å². The van der Waals surface area contributed by atoms with Crippen molar-refractivity contribution in [2.75, 3.05) is 13.2 Å². The quantitative estimate of drug-likeness (QED) is 0.518. The lowest BCUT2D eigenvalue weighted by Crippen LogP contribution is -2.09. The average molecular weight is 185 g/mol. The maximum atomic E-state index is 5.69. The van der Waals surface area contributed by atoms with E-state index in [1.165, 1.54) is 0 Å². The predicted molar refractivity (Wildman–Crippen MR) is 33.2 cm³/mol. The molecule has 0 aromatic carbocycles. The lowest BCUT2D eigenvalue weighted by atomic mass is 10.4. The van der Waals surface area contributed by atoms with Crippen molar-refractivity contribution < 1.29 is 4.74 Å². The van der Waals surface area contributed by atoms with E-state index in [1.807, 2.05) is 0 Å². The summed E-state index contributed by atoms with van der Waals surface area (Å²) >= 11 is 9.04. The van der Waals surface area contributed by atoms with Gasteiger partial charge in [0, 0.05) is 0 Å². The molecule has 0 bridgehead atoms. The fraction of sp³-hybridized carbons (Fsp3) is 1.00. The molecule has 1 fully saturated rings. The summed E-state index contributed by atoms with van der Waals surface area (Å²) in [5.41, 5.74) is 0. The highest BCUT2D eigenvalue weighted by Crippen LogP contribution is 2.18. The Hall–Kier alpha value is 0.730. The Balaban J connectivity index is 2.33. The van der Waals surface area contributed by atoms with Crippen molar-refractivity contribution in [1.82, 2.24) is 0 Å². The number of halogens is 2. The van der Waals surface area contributed by atoms with E-state index in [2.05, 4.69) is 15.9 Å². The Morgan fingerprint density at radius 3 is 2.43 bits per heavy atom. The molecule has 42 valence electrons. The summed E-state index contributed by atoms with van der Waals surface area (Å²) in [5, 5.41) is 0.181. The summed E-state index contributed by atoms with van der Waals surface area (Å²) in [7, 11) is 0. The molecule has 3 heteroatoms. The number of rotatable bonds is 0. The van der Waals surface area contributed by atoms with E-state index in [-0.39, 0.29) is 5.38 Å². The van der Waals surface area contributed by atoms with E-state index in [1.54, 1.807) is 0 Å². The molecule has 1 saturated heterocycles. The highest BCUT2D eigenvalue weighted by Gasteiger charge is 2.22. The van der Waals surface area contributed by atoms with Gasteiger partial charge in [0.25, 0.3) is 0 Å². The molecule has 0 N–H and O–H groups in total. The molecule has 1 heterocycles. The number of hydrogen-bond donors (Lipinski definition) is 0. The number of hydrogen-bond acceptors (Lipinski definition) is 1. The van der Waals surface area contributed by atoms with Crippen LogP contribution >= 0.6 is 27.5 Å². The van der Waals surface area contributed by atoms with E-state index < -0.39 is 0 Å². The molecule has 0 aliphatic carbocycles.